The summed E-state index contributed by atoms with van der Waals surface area (Å²) in [4.78, 5) is 2.28. The first-order chi connectivity index (χ1) is 12.7. The van der Waals surface area contributed by atoms with Gasteiger partial charge in [0.15, 0.2) is 11.5 Å². The molecule has 0 N–H and O–H groups in total. The Bertz CT molecular complexity index is 716. The number of rotatable bonds is 8. The molecular formula is C21H26FNO3. The lowest BCUT2D eigenvalue weighted by atomic mass is 10.1. The maximum Gasteiger partial charge on any atom is 0.165 e. The molecule has 0 bridgehead atoms. The highest BCUT2D eigenvalue weighted by molar-refractivity contribution is 5.46. The number of benzene rings is 2. The Labute approximate surface area is 154 Å². The molecule has 0 saturated carbocycles. The van der Waals surface area contributed by atoms with Crippen LogP contribution in [0.4, 0.5) is 4.39 Å². The van der Waals surface area contributed by atoms with Crippen molar-refractivity contribution in [2.24, 2.45) is 0 Å². The summed E-state index contributed by atoms with van der Waals surface area (Å²) in [6.07, 6.45) is 2.38. The standard InChI is InChI=1S/C21H26FNO3/c1-24-20-10-4-7-17(21(20)25-2)14-23(15-19-9-5-11-26-19)13-16-6-3-8-18(22)12-16/h3-4,6-8,10,12,19H,5,9,11,13-15H2,1-2H3. The molecule has 26 heavy (non-hydrogen) atoms. The first-order valence-electron chi connectivity index (χ1n) is 8.98. The molecule has 2 aromatic carbocycles. The Hall–Kier alpha value is -2.11. The average Bonchev–Trinajstić information content (AvgIpc) is 3.14. The number of hydrogen-bond acceptors (Lipinski definition) is 4. The summed E-state index contributed by atoms with van der Waals surface area (Å²) < 4.78 is 30.4. The van der Waals surface area contributed by atoms with Crippen LogP contribution in [0, 0.1) is 5.82 Å². The number of methoxy groups -OCH3 is 2. The SMILES string of the molecule is COc1cccc(CN(Cc2cccc(F)c2)CC2CCCO2)c1OC. The van der Waals surface area contributed by atoms with Crippen LogP contribution in [0.1, 0.15) is 24.0 Å². The highest BCUT2D eigenvalue weighted by Crippen LogP contribution is 2.32. The summed E-state index contributed by atoms with van der Waals surface area (Å²) in [5.74, 6) is 1.25. The Balaban J connectivity index is 1.80. The van der Waals surface area contributed by atoms with Gasteiger partial charge in [-0.2, -0.15) is 0 Å². The second kappa shape index (κ2) is 9.01. The van der Waals surface area contributed by atoms with Gasteiger partial charge >= 0.3 is 0 Å². The van der Waals surface area contributed by atoms with E-state index in [4.69, 9.17) is 14.2 Å². The highest BCUT2D eigenvalue weighted by Gasteiger charge is 2.21. The van der Waals surface area contributed by atoms with E-state index in [0.29, 0.717) is 18.8 Å². The van der Waals surface area contributed by atoms with Crippen molar-refractivity contribution in [3.05, 3.63) is 59.4 Å². The minimum absolute atomic E-state index is 0.210. The van der Waals surface area contributed by atoms with Gasteiger partial charge in [-0.1, -0.05) is 24.3 Å². The predicted molar refractivity (Wildman–Crippen MR) is 99.0 cm³/mol. The monoisotopic (exact) mass is 359 g/mol. The Morgan fingerprint density at radius 3 is 2.65 bits per heavy atom. The molecule has 5 heteroatoms. The third-order valence-electron chi connectivity index (χ3n) is 4.66. The van der Waals surface area contributed by atoms with Crippen LogP contribution in [0.25, 0.3) is 0 Å². The Kier molecular flexibility index (Phi) is 6.47. The normalized spacial score (nSPS) is 16.8. The average molecular weight is 359 g/mol. The number of halogens is 1. The van der Waals surface area contributed by atoms with Gasteiger partial charge in [-0.25, -0.2) is 4.39 Å². The number of hydrogen-bond donors (Lipinski definition) is 0. The second-order valence-corrected chi connectivity index (χ2v) is 6.59. The number of ether oxygens (including phenoxy) is 3. The number of para-hydroxylation sites is 1. The Morgan fingerprint density at radius 2 is 1.96 bits per heavy atom. The van der Waals surface area contributed by atoms with Gasteiger partial charge in [0, 0.05) is 31.8 Å². The van der Waals surface area contributed by atoms with Crippen LogP contribution in [-0.2, 0) is 17.8 Å². The van der Waals surface area contributed by atoms with E-state index in [2.05, 4.69) is 4.90 Å². The lowest BCUT2D eigenvalue weighted by molar-refractivity contribution is 0.0675. The fourth-order valence-corrected chi connectivity index (χ4v) is 3.47. The van der Waals surface area contributed by atoms with Crippen molar-refractivity contribution < 1.29 is 18.6 Å². The summed E-state index contributed by atoms with van der Waals surface area (Å²) >= 11 is 0. The van der Waals surface area contributed by atoms with Gasteiger partial charge in [0.05, 0.1) is 20.3 Å². The van der Waals surface area contributed by atoms with Crippen molar-refractivity contribution in [2.75, 3.05) is 27.4 Å². The maximum absolute atomic E-state index is 13.6. The molecule has 4 nitrogen and oxygen atoms in total. The maximum atomic E-state index is 13.6. The molecule has 1 saturated heterocycles. The fraction of sp³-hybridized carbons (Fsp3) is 0.429. The first kappa shape index (κ1) is 18.7. The van der Waals surface area contributed by atoms with Crippen molar-refractivity contribution in [3.8, 4) is 11.5 Å². The van der Waals surface area contributed by atoms with Gasteiger partial charge in [0.2, 0.25) is 0 Å². The van der Waals surface area contributed by atoms with Crippen LogP contribution < -0.4 is 9.47 Å². The van der Waals surface area contributed by atoms with Crippen LogP contribution in [-0.4, -0.2) is 38.4 Å². The molecule has 140 valence electrons. The lowest BCUT2D eigenvalue weighted by Gasteiger charge is -2.26. The van der Waals surface area contributed by atoms with Gasteiger partial charge in [0.25, 0.3) is 0 Å². The summed E-state index contributed by atoms with van der Waals surface area (Å²) in [5, 5.41) is 0. The van der Waals surface area contributed by atoms with Crippen LogP contribution in [0.15, 0.2) is 42.5 Å². The highest BCUT2D eigenvalue weighted by atomic mass is 19.1. The molecule has 1 aliphatic rings. The molecule has 3 rings (SSSR count). The molecule has 1 aliphatic heterocycles. The second-order valence-electron chi connectivity index (χ2n) is 6.59. The molecule has 1 unspecified atom stereocenters. The van der Waals surface area contributed by atoms with Gasteiger partial charge in [-0.15, -0.1) is 0 Å². The zero-order valence-electron chi connectivity index (χ0n) is 15.4. The molecule has 0 aromatic heterocycles. The van der Waals surface area contributed by atoms with E-state index in [1.807, 2.05) is 24.3 Å². The number of nitrogens with zero attached hydrogens (tertiary/aromatic N) is 1. The van der Waals surface area contributed by atoms with Crippen molar-refractivity contribution in [1.82, 2.24) is 4.90 Å². The van der Waals surface area contributed by atoms with E-state index in [1.54, 1.807) is 26.4 Å². The van der Waals surface area contributed by atoms with E-state index in [-0.39, 0.29) is 11.9 Å². The third-order valence-corrected chi connectivity index (χ3v) is 4.66. The minimum Gasteiger partial charge on any atom is -0.493 e. The van der Waals surface area contributed by atoms with E-state index < -0.39 is 0 Å². The Morgan fingerprint density at radius 1 is 1.12 bits per heavy atom. The molecule has 1 atom stereocenters. The van der Waals surface area contributed by atoms with E-state index in [9.17, 15) is 4.39 Å². The van der Waals surface area contributed by atoms with Crippen molar-refractivity contribution in [2.45, 2.75) is 32.0 Å². The smallest absolute Gasteiger partial charge is 0.165 e. The molecule has 0 aliphatic carbocycles. The van der Waals surface area contributed by atoms with E-state index in [1.165, 1.54) is 6.07 Å². The van der Waals surface area contributed by atoms with E-state index in [0.717, 1.165) is 42.9 Å². The zero-order valence-corrected chi connectivity index (χ0v) is 15.4. The van der Waals surface area contributed by atoms with E-state index >= 15 is 0 Å². The van der Waals surface area contributed by atoms with Gasteiger partial charge in [0.1, 0.15) is 5.82 Å². The zero-order chi connectivity index (χ0) is 18.4. The van der Waals surface area contributed by atoms with Crippen LogP contribution in [0.5, 0.6) is 11.5 Å². The van der Waals surface area contributed by atoms with Crippen molar-refractivity contribution >= 4 is 0 Å². The topological polar surface area (TPSA) is 30.9 Å². The van der Waals surface area contributed by atoms with Crippen molar-refractivity contribution in [3.63, 3.8) is 0 Å². The lowest BCUT2D eigenvalue weighted by Crippen LogP contribution is -2.31. The van der Waals surface area contributed by atoms with Crippen LogP contribution in [0.3, 0.4) is 0 Å². The predicted octanol–water partition coefficient (Wildman–Crippen LogP) is 4.02. The van der Waals surface area contributed by atoms with Crippen molar-refractivity contribution in [1.29, 1.82) is 0 Å². The van der Waals surface area contributed by atoms with Crippen LogP contribution >= 0.6 is 0 Å². The van der Waals surface area contributed by atoms with Gasteiger partial charge in [-0.05, 0) is 36.6 Å². The molecule has 0 radical (unpaired) electrons. The quantitative estimate of drug-likeness (QED) is 0.712. The summed E-state index contributed by atoms with van der Waals surface area (Å²) in [7, 11) is 3.29. The van der Waals surface area contributed by atoms with Crippen LogP contribution in [0.2, 0.25) is 0 Å². The van der Waals surface area contributed by atoms with Gasteiger partial charge < -0.3 is 14.2 Å². The molecular weight excluding hydrogens is 333 g/mol. The summed E-state index contributed by atoms with van der Waals surface area (Å²) in [5.41, 5.74) is 1.99. The summed E-state index contributed by atoms with van der Waals surface area (Å²) in [6.45, 7) is 2.95. The minimum atomic E-state index is -0.210. The molecule has 0 amide bonds. The third kappa shape index (κ3) is 4.74. The molecule has 1 fully saturated rings. The summed E-state index contributed by atoms with van der Waals surface area (Å²) in [6, 6.07) is 12.7. The fourth-order valence-electron chi connectivity index (χ4n) is 3.47. The van der Waals surface area contributed by atoms with Gasteiger partial charge in [-0.3, -0.25) is 4.90 Å². The molecule has 0 spiro atoms. The molecule has 2 aromatic rings. The largest absolute Gasteiger partial charge is 0.493 e. The molecule has 1 heterocycles. The first-order valence-corrected chi connectivity index (χ1v) is 8.98.